The maximum atomic E-state index is 11.1. The van der Waals surface area contributed by atoms with E-state index in [1.165, 1.54) is 0 Å². The highest BCUT2D eigenvalue weighted by molar-refractivity contribution is 5.86. The summed E-state index contributed by atoms with van der Waals surface area (Å²) in [4.78, 5) is 11.1. The van der Waals surface area contributed by atoms with Crippen LogP contribution in [-0.4, -0.2) is 39.6 Å². The van der Waals surface area contributed by atoms with E-state index in [1.807, 2.05) is 18.5 Å². The normalized spacial score (nSPS) is 10.9. The van der Waals surface area contributed by atoms with Crippen LogP contribution in [-0.2, 0) is 18.3 Å². The molecule has 102 valence electrons. The van der Waals surface area contributed by atoms with Crippen molar-refractivity contribution in [3.63, 3.8) is 0 Å². The van der Waals surface area contributed by atoms with Crippen molar-refractivity contribution in [2.45, 2.75) is 20.4 Å². The average Bonchev–Trinajstić information content (AvgIpc) is 2.87. The largest absolute Gasteiger partial charge is 0.383 e. The van der Waals surface area contributed by atoms with Crippen molar-refractivity contribution in [1.82, 2.24) is 19.6 Å². The summed E-state index contributed by atoms with van der Waals surface area (Å²) < 4.78 is 8.60. The van der Waals surface area contributed by atoms with E-state index in [0.29, 0.717) is 24.4 Å². The fourth-order valence-corrected chi connectivity index (χ4v) is 2.22. The molecule has 0 bridgehead atoms. The van der Waals surface area contributed by atoms with Crippen molar-refractivity contribution in [3.05, 3.63) is 23.1 Å². The highest BCUT2D eigenvalue weighted by Crippen LogP contribution is 2.27. The standard InChI is InChI=1S/C13H18N4O2/c1-9-12(10(2)17(14-9)5-6-19-4)13-11(8-18)7-16(3)15-13/h7-8H,5-6H2,1-4H3. The second-order valence-corrected chi connectivity index (χ2v) is 4.49. The quantitative estimate of drug-likeness (QED) is 0.763. The van der Waals surface area contributed by atoms with Gasteiger partial charge in [0.25, 0.3) is 0 Å². The van der Waals surface area contributed by atoms with Crippen molar-refractivity contribution in [3.8, 4) is 11.3 Å². The van der Waals surface area contributed by atoms with E-state index >= 15 is 0 Å². The van der Waals surface area contributed by atoms with E-state index in [0.717, 1.165) is 23.2 Å². The molecule has 0 amide bonds. The first-order valence-electron chi connectivity index (χ1n) is 6.10. The molecule has 0 spiro atoms. The van der Waals surface area contributed by atoms with Crippen molar-refractivity contribution >= 4 is 6.29 Å². The van der Waals surface area contributed by atoms with Gasteiger partial charge in [0.2, 0.25) is 0 Å². The minimum atomic E-state index is 0.583. The van der Waals surface area contributed by atoms with Crippen LogP contribution in [0, 0.1) is 13.8 Å². The smallest absolute Gasteiger partial charge is 0.153 e. The number of aryl methyl sites for hydroxylation is 2. The molecular weight excluding hydrogens is 244 g/mol. The van der Waals surface area contributed by atoms with Gasteiger partial charge in [-0.2, -0.15) is 10.2 Å². The molecule has 0 saturated carbocycles. The molecule has 6 heteroatoms. The van der Waals surface area contributed by atoms with Crippen molar-refractivity contribution in [2.24, 2.45) is 7.05 Å². The Hall–Kier alpha value is -1.95. The minimum absolute atomic E-state index is 0.583. The van der Waals surface area contributed by atoms with Crippen LogP contribution < -0.4 is 0 Å². The lowest BCUT2D eigenvalue weighted by atomic mass is 10.1. The molecule has 0 atom stereocenters. The van der Waals surface area contributed by atoms with Crippen LogP contribution in [0.25, 0.3) is 11.3 Å². The molecule has 19 heavy (non-hydrogen) atoms. The van der Waals surface area contributed by atoms with E-state index in [4.69, 9.17) is 4.74 Å². The topological polar surface area (TPSA) is 61.9 Å². The van der Waals surface area contributed by atoms with Gasteiger partial charge >= 0.3 is 0 Å². The van der Waals surface area contributed by atoms with Gasteiger partial charge in [-0.3, -0.25) is 14.2 Å². The predicted octanol–water partition coefficient (Wildman–Crippen LogP) is 1.36. The molecule has 2 heterocycles. The number of rotatable bonds is 5. The first-order chi connectivity index (χ1) is 9.08. The lowest BCUT2D eigenvalue weighted by Gasteiger charge is -2.03. The van der Waals surface area contributed by atoms with Gasteiger partial charge in [0.15, 0.2) is 6.29 Å². The van der Waals surface area contributed by atoms with Gasteiger partial charge < -0.3 is 4.74 Å². The van der Waals surface area contributed by atoms with Crippen LogP contribution in [0.15, 0.2) is 6.20 Å². The summed E-state index contributed by atoms with van der Waals surface area (Å²) in [7, 11) is 3.46. The molecule has 2 rings (SSSR count). The molecule has 0 unspecified atom stereocenters. The molecule has 2 aromatic rings. The Morgan fingerprint density at radius 3 is 2.74 bits per heavy atom. The summed E-state index contributed by atoms with van der Waals surface area (Å²) in [6.07, 6.45) is 2.54. The summed E-state index contributed by atoms with van der Waals surface area (Å²) in [6.45, 7) is 5.19. The fraction of sp³-hybridized carbons (Fsp3) is 0.462. The van der Waals surface area contributed by atoms with Gasteiger partial charge in [0, 0.05) is 31.6 Å². The molecule has 0 N–H and O–H groups in total. The zero-order valence-corrected chi connectivity index (χ0v) is 11.7. The van der Waals surface area contributed by atoms with Crippen LogP contribution in [0.5, 0.6) is 0 Å². The van der Waals surface area contributed by atoms with Gasteiger partial charge in [-0.25, -0.2) is 0 Å². The molecule has 0 aliphatic heterocycles. The third-order valence-electron chi connectivity index (χ3n) is 3.11. The van der Waals surface area contributed by atoms with Crippen LogP contribution in [0.3, 0.4) is 0 Å². The first-order valence-corrected chi connectivity index (χ1v) is 6.10. The Balaban J connectivity index is 2.49. The monoisotopic (exact) mass is 262 g/mol. The highest BCUT2D eigenvalue weighted by Gasteiger charge is 2.19. The van der Waals surface area contributed by atoms with Crippen molar-refractivity contribution in [2.75, 3.05) is 13.7 Å². The lowest BCUT2D eigenvalue weighted by Crippen LogP contribution is -2.07. The Labute approximate surface area is 112 Å². The Bertz CT molecular complexity index is 598. The van der Waals surface area contributed by atoms with E-state index in [2.05, 4.69) is 10.2 Å². The number of hydrogen-bond donors (Lipinski definition) is 0. The highest BCUT2D eigenvalue weighted by atomic mass is 16.5. The third kappa shape index (κ3) is 2.44. The minimum Gasteiger partial charge on any atom is -0.383 e. The van der Waals surface area contributed by atoms with Gasteiger partial charge in [0.05, 0.1) is 24.4 Å². The molecular formula is C13H18N4O2. The number of aromatic nitrogens is 4. The molecule has 0 radical (unpaired) electrons. The van der Waals surface area contributed by atoms with E-state index in [-0.39, 0.29) is 0 Å². The summed E-state index contributed by atoms with van der Waals surface area (Å²) in [5.74, 6) is 0. The number of ether oxygens (including phenoxy) is 1. The molecule has 0 aromatic carbocycles. The van der Waals surface area contributed by atoms with Gasteiger partial charge in [-0.05, 0) is 13.8 Å². The molecule has 0 aliphatic rings. The van der Waals surface area contributed by atoms with Crippen LogP contribution in [0.1, 0.15) is 21.7 Å². The Kier molecular flexibility index (Phi) is 3.80. The second kappa shape index (κ2) is 5.36. The van der Waals surface area contributed by atoms with Crippen molar-refractivity contribution < 1.29 is 9.53 Å². The van der Waals surface area contributed by atoms with E-state index < -0.39 is 0 Å². The van der Waals surface area contributed by atoms with Gasteiger partial charge in [-0.15, -0.1) is 0 Å². The van der Waals surface area contributed by atoms with Gasteiger partial charge in [0.1, 0.15) is 5.69 Å². The fourth-order valence-electron chi connectivity index (χ4n) is 2.22. The molecule has 0 fully saturated rings. The number of nitrogens with zero attached hydrogens (tertiary/aromatic N) is 4. The summed E-state index contributed by atoms with van der Waals surface area (Å²) in [6, 6.07) is 0. The number of aldehydes is 1. The zero-order chi connectivity index (χ0) is 14.0. The molecule has 2 aromatic heterocycles. The zero-order valence-electron chi connectivity index (χ0n) is 11.7. The Morgan fingerprint density at radius 1 is 1.37 bits per heavy atom. The number of carbonyl (C=O) groups excluding carboxylic acids is 1. The average molecular weight is 262 g/mol. The first kappa shape index (κ1) is 13.5. The maximum Gasteiger partial charge on any atom is 0.153 e. The maximum absolute atomic E-state index is 11.1. The van der Waals surface area contributed by atoms with Crippen LogP contribution >= 0.6 is 0 Å². The van der Waals surface area contributed by atoms with Crippen LogP contribution in [0.2, 0.25) is 0 Å². The van der Waals surface area contributed by atoms with Gasteiger partial charge in [-0.1, -0.05) is 0 Å². The number of hydrogen-bond acceptors (Lipinski definition) is 4. The van der Waals surface area contributed by atoms with Crippen LogP contribution in [0.4, 0.5) is 0 Å². The lowest BCUT2D eigenvalue weighted by molar-refractivity contribution is 0.112. The molecule has 0 aliphatic carbocycles. The van der Waals surface area contributed by atoms with E-state index in [1.54, 1.807) is 25.0 Å². The SMILES string of the molecule is COCCn1nc(C)c(-c2nn(C)cc2C=O)c1C. The summed E-state index contributed by atoms with van der Waals surface area (Å²) in [5, 5.41) is 8.85. The molecule has 6 nitrogen and oxygen atoms in total. The third-order valence-corrected chi connectivity index (χ3v) is 3.11. The molecule has 0 saturated heterocycles. The number of methoxy groups -OCH3 is 1. The second-order valence-electron chi connectivity index (χ2n) is 4.49. The number of carbonyl (C=O) groups is 1. The predicted molar refractivity (Wildman–Crippen MR) is 71.2 cm³/mol. The van der Waals surface area contributed by atoms with E-state index in [9.17, 15) is 4.79 Å². The van der Waals surface area contributed by atoms with Crippen molar-refractivity contribution in [1.29, 1.82) is 0 Å². The summed E-state index contributed by atoms with van der Waals surface area (Å²) >= 11 is 0. The summed E-state index contributed by atoms with van der Waals surface area (Å²) in [5.41, 5.74) is 4.07. The Morgan fingerprint density at radius 2 is 2.11 bits per heavy atom.